The van der Waals surface area contributed by atoms with Gasteiger partial charge in [-0.1, -0.05) is 12.1 Å². The minimum Gasteiger partial charge on any atom is -0.464 e. The molecule has 0 amide bonds. The number of para-hydroxylation sites is 1. The summed E-state index contributed by atoms with van der Waals surface area (Å²) in [7, 11) is 1.28. The van der Waals surface area contributed by atoms with Crippen molar-refractivity contribution in [2.24, 2.45) is 0 Å². The number of hydrogen-bond acceptors (Lipinski definition) is 2. The van der Waals surface area contributed by atoms with Crippen LogP contribution in [0.5, 0.6) is 0 Å². The normalized spacial score (nSPS) is 10.4. The molecule has 72 valence electrons. The number of aromatic amines is 1. The van der Waals surface area contributed by atoms with E-state index in [-0.39, 0.29) is 11.5 Å². The van der Waals surface area contributed by atoms with Crippen molar-refractivity contribution in [2.45, 2.75) is 0 Å². The molecule has 0 saturated carbocycles. The van der Waals surface area contributed by atoms with E-state index in [1.807, 2.05) is 0 Å². The molecule has 1 N–H and O–H groups in total. The summed E-state index contributed by atoms with van der Waals surface area (Å²) in [4.78, 5) is 13.8. The second-order valence-electron chi connectivity index (χ2n) is 2.88. The van der Waals surface area contributed by atoms with Gasteiger partial charge in [0.1, 0.15) is 11.5 Å². The van der Waals surface area contributed by atoms with Crippen molar-refractivity contribution >= 4 is 16.9 Å². The molecule has 4 heteroatoms. The molecule has 0 fully saturated rings. The Bertz CT molecular complexity index is 490. The zero-order chi connectivity index (χ0) is 10.1. The van der Waals surface area contributed by atoms with E-state index in [0.29, 0.717) is 10.9 Å². The van der Waals surface area contributed by atoms with Gasteiger partial charge in [0, 0.05) is 5.39 Å². The maximum absolute atomic E-state index is 13.2. The van der Waals surface area contributed by atoms with Gasteiger partial charge in [-0.25, -0.2) is 9.18 Å². The lowest BCUT2D eigenvalue weighted by atomic mass is 10.2. The van der Waals surface area contributed by atoms with E-state index in [1.165, 1.54) is 13.2 Å². The van der Waals surface area contributed by atoms with Gasteiger partial charge in [-0.3, -0.25) is 0 Å². The summed E-state index contributed by atoms with van der Waals surface area (Å²) in [5, 5.41) is 0.658. The number of benzene rings is 1. The average Bonchev–Trinajstić information content (AvgIpc) is 2.62. The molecule has 3 nitrogen and oxygen atoms in total. The fraction of sp³-hybridized carbons (Fsp3) is 0.100. The number of carbonyl (C=O) groups excluding carboxylic acids is 1. The lowest BCUT2D eigenvalue weighted by Gasteiger charge is -1.92. The number of ether oxygens (including phenoxy) is 1. The first-order valence-corrected chi connectivity index (χ1v) is 4.08. The van der Waals surface area contributed by atoms with Gasteiger partial charge in [-0.15, -0.1) is 0 Å². The molecule has 0 aliphatic heterocycles. The number of carbonyl (C=O) groups is 1. The van der Waals surface area contributed by atoms with Crippen molar-refractivity contribution in [1.29, 1.82) is 0 Å². The van der Waals surface area contributed by atoms with Crippen LogP contribution >= 0.6 is 0 Å². The fourth-order valence-corrected chi connectivity index (χ4v) is 1.34. The highest BCUT2D eigenvalue weighted by Gasteiger charge is 2.10. The minimum absolute atomic E-state index is 0.257. The summed E-state index contributed by atoms with van der Waals surface area (Å²) < 4.78 is 17.7. The van der Waals surface area contributed by atoms with Gasteiger partial charge in [0.25, 0.3) is 0 Å². The molecule has 1 aromatic heterocycles. The first-order valence-electron chi connectivity index (χ1n) is 4.08. The molecule has 0 radical (unpaired) electrons. The van der Waals surface area contributed by atoms with E-state index in [1.54, 1.807) is 18.2 Å². The van der Waals surface area contributed by atoms with E-state index >= 15 is 0 Å². The predicted molar refractivity (Wildman–Crippen MR) is 49.6 cm³/mol. The Morgan fingerprint density at radius 1 is 1.50 bits per heavy atom. The zero-order valence-corrected chi connectivity index (χ0v) is 7.50. The van der Waals surface area contributed by atoms with Gasteiger partial charge in [0.15, 0.2) is 0 Å². The summed E-state index contributed by atoms with van der Waals surface area (Å²) in [6.07, 6.45) is 0. The number of halogens is 1. The number of rotatable bonds is 1. The van der Waals surface area contributed by atoms with E-state index in [0.717, 1.165) is 0 Å². The number of hydrogen-bond donors (Lipinski definition) is 1. The van der Waals surface area contributed by atoms with Crippen molar-refractivity contribution in [3.63, 3.8) is 0 Å². The Labute approximate surface area is 79.5 Å². The monoisotopic (exact) mass is 193 g/mol. The summed E-state index contributed by atoms with van der Waals surface area (Å²) in [5.74, 6) is -0.877. The van der Waals surface area contributed by atoms with Crippen LogP contribution in [-0.2, 0) is 4.74 Å². The number of H-pyrrole nitrogens is 1. The zero-order valence-electron chi connectivity index (χ0n) is 7.50. The first kappa shape index (κ1) is 8.74. The molecule has 0 aliphatic rings. The lowest BCUT2D eigenvalue weighted by Crippen LogP contribution is -2.00. The SMILES string of the molecule is COC(=O)c1cc2cccc(F)c2[nH]1. The maximum Gasteiger partial charge on any atom is 0.354 e. The van der Waals surface area contributed by atoms with E-state index in [4.69, 9.17) is 0 Å². The topological polar surface area (TPSA) is 42.1 Å². The molecular weight excluding hydrogens is 185 g/mol. The highest BCUT2D eigenvalue weighted by Crippen LogP contribution is 2.18. The van der Waals surface area contributed by atoms with Crippen LogP contribution in [0.3, 0.4) is 0 Å². The van der Waals surface area contributed by atoms with E-state index in [2.05, 4.69) is 9.72 Å². The molecule has 1 heterocycles. The third-order valence-corrected chi connectivity index (χ3v) is 2.01. The summed E-state index contributed by atoms with van der Waals surface area (Å²) in [6.45, 7) is 0. The number of nitrogens with one attached hydrogen (secondary N) is 1. The van der Waals surface area contributed by atoms with Crippen molar-refractivity contribution in [1.82, 2.24) is 4.98 Å². The minimum atomic E-state index is -0.499. The summed E-state index contributed by atoms with van der Waals surface area (Å²) in [6, 6.07) is 6.21. The van der Waals surface area contributed by atoms with Gasteiger partial charge in [0.2, 0.25) is 0 Å². The number of aromatic nitrogens is 1. The standard InChI is InChI=1S/C10H8FNO2/c1-14-10(13)8-5-6-3-2-4-7(11)9(6)12-8/h2-5,12H,1H3. The Morgan fingerprint density at radius 3 is 2.93 bits per heavy atom. The van der Waals surface area contributed by atoms with Crippen LogP contribution in [0.25, 0.3) is 10.9 Å². The van der Waals surface area contributed by atoms with Crippen LogP contribution in [-0.4, -0.2) is 18.1 Å². The Kier molecular flexibility index (Phi) is 1.96. The molecule has 0 unspecified atom stereocenters. The summed E-state index contributed by atoms with van der Waals surface area (Å²) >= 11 is 0. The molecule has 0 aliphatic carbocycles. The van der Waals surface area contributed by atoms with Crippen LogP contribution in [0.1, 0.15) is 10.5 Å². The van der Waals surface area contributed by atoms with Gasteiger partial charge in [-0.05, 0) is 12.1 Å². The average molecular weight is 193 g/mol. The van der Waals surface area contributed by atoms with Crippen molar-refractivity contribution in [2.75, 3.05) is 7.11 Å². The third kappa shape index (κ3) is 1.25. The summed E-state index contributed by atoms with van der Waals surface area (Å²) in [5.41, 5.74) is 0.584. The number of methoxy groups -OCH3 is 1. The van der Waals surface area contributed by atoms with Crippen LogP contribution in [0.15, 0.2) is 24.3 Å². The molecule has 0 spiro atoms. The van der Waals surface area contributed by atoms with Crippen molar-refractivity contribution in [3.05, 3.63) is 35.8 Å². The van der Waals surface area contributed by atoms with Gasteiger partial charge in [0.05, 0.1) is 12.6 Å². The quantitative estimate of drug-likeness (QED) is 0.704. The maximum atomic E-state index is 13.2. The van der Waals surface area contributed by atoms with Gasteiger partial charge >= 0.3 is 5.97 Å². The van der Waals surface area contributed by atoms with Crippen LogP contribution < -0.4 is 0 Å². The molecule has 1 aromatic carbocycles. The van der Waals surface area contributed by atoms with E-state index in [9.17, 15) is 9.18 Å². The number of fused-ring (bicyclic) bond motifs is 1. The predicted octanol–water partition coefficient (Wildman–Crippen LogP) is 2.09. The van der Waals surface area contributed by atoms with Crippen molar-refractivity contribution in [3.8, 4) is 0 Å². The molecule has 14 heavy (non-hydrogen) atoms. The Hall–Kier alpha value is -1.84. The Morgan fingerprint density at radius 2 is 2.29 bits per heavy atom. The van der Waals surface area contributed by atoms with Gasteiger partial charge < -0.3 is 9.72 Å². The Balaban J connectivity index is 2.62. The van der Waals surface area contributed by atoms with Crippen LogP contribution in [0.4, 0.5) is 4.39 Å². The molecule has 0 saturated heterocycles. The molecule has 0 atom stereocenters. The molecule has 0 bridgehead atoms. The second-order valence-corrected chi connectivity index (χ2v) is 2.88. The largest absolute Gasteiger partial charge is 0.464 e. The van der Waals surface area contributed by atoms with Crippen molar-refractivity contribution < 1.29 is 13.9 Å². The van der Waals surface area contributed by atoms with Crippen LogP contribution in [0.2, 0.25) is 0 Å². The highest BCUT2D eigenvalue weighted by atomic mass is 19.1. The third-order valence-electron chi connectivity index (χ3n) is 2.01. The first-order chi connectivity index (χ1) is 6.72. The fourth-order valence-electron chi connectivity index (χ4n) is 1.34. The number of esters is 1. The molecular formula is C10H8FNO2. The molecule has 2 aromatic rings. The smallest absolute Gasteiger partial charge is 0.354 e. The van der Waals surface area contributed by atoms with E-state index < -0.39 is 5.97 Å². The molecule has 2 rings (SSSR count). The van der Waals surface area contributed by atoms with Crippen LogP contribution in [0, 0.1) is 5.82 Å². The van der Waals surface area contributed by atoms with Gasteiger partial charge in [-0.2, -0.15) is 0 Å². The second kappa shape index (κ2) is 3.14. The highest BCUT2D eigenvalue weighted by molar-refractivity contribution is 5.94. The lowest BCUT2D eigenvalue weighted by molar-refractivity contribution is 0.0595.